The van der Waals surface area contributed by atoms with E-state index in [0.29, 0.717) is 0 Å². The first kappa shape index (κ1) is 24.6. The number of pyridine rings is 1. The highest BCUT2D eigenvalue weighted by Crippen LogP contribution is 2.26. The molecule has 0 unspecified atom stereocenters. The zero-order valence-electron chi connectivity index (χ0n) is 21.8. The summed E-state index contributed by atoms with van der Waals surface area (Å²) < 4.78 is 2.31. The molecule has 1 heterocycles. The Hall–Kier alpha value is -3.07. The summed E-state index contributed by atoms with van der Waals surface area (Å²) in [6, 6.07) is 15.2. The number of aryl methyl sites for hydroxylation is 6. The fraction of sp³-hybridized carbons (Fsp3) is 0.367. The fourth-order valence-corrected chi connectivity index (χ4v) is 4.84. The lowest BCUT2D eigenvalue weighted by molar-refractivity contribution is -0.407. The number of hydrogen-bond acceptors (Lipinski definition) is 2. The molecule has 3 heteroatoms. The molecule has 2 aromatic carbocycles. The average molecular weight is 441 g/mol. The lowest BCUT2D eigenvalue weighted by Gasteiger charge is -2.10. The zero-order valence-corrected chi connectivity index (χ0v) is 21.8. The third-order valence-electron chi connectivity index (χ3n) is 6.22. The predicted molar refractivity (Wildman–Crippen MR) is 142 cm³/mol. The van der Waals surface area contributed by atoms with Gasteiger partial charge in [-0.15, -0.1) is 0 Å². The monoisotopic (exact) mass is 440 g/mol. The van der Waals surface area contributed by atoms with E-state index < -0.39 is 0 Å². The van der Waals surface area contributed by atoms with Crippen LogP contribution in [0.1, 0.15) is 58.6 Å². The molecule has 3 nitrogen and oxygen atoms in total. The molecular weight excluding hydrogens is 402 g/mol. The van der Waals surface area contributed by atoms with E-state index in [1.807, 2.05) is 0 Å². The first-order valence-electron chi connectivity index (χ1n) is 11.8. The predicted octanol–water partition coefficient (Wildman–Crippen LogP) is 7.24. The summed E-state index contributed by atoms with van der Waals surface area (Å²) in [6.07, 6.45) is 1.58. The second kappa shape index (κ2) is 10.2. The maximum absolute atomic E-state index is 4.96. The van der Waals surface area contributed by atoms with Crippen molar-refractivity contribution in [3.63, 3.8) is 0 Å². The van der Waals surface area contributed by atoms with E-state index in [9.17, 15) is 0 Å². The Balaban J connectivity index is 1.82. The van der Waals surface area contributed by atoms with Crippen LogP contribution >= 0.6 is 0 Å². The van der Waals surface area contributed by atoms with Gasteiger partial charge in [0.05, 0.1) is 17.8 Å². The quantitative estimate of drug-likeness (QED) is 0.293. The van der Waals surface area contributed by atoms with Gasteiger partial charge in [-0.2, -0.15) is 0 Å². The van der Waals surface area contributed by atoms with Gasteiger partial charge in [-0.3, -0.25) is 9.98 Å². The Morgan fingerprint density at radius 1 is 0.758 bits per heavy atom. The molecule has 0 fully saturated rings. The lowest BCUT2D eigenvalue weighted by atomic mass is 10.0. The largest absolute Gasteiger partial charge is 0.257 e. The van der Waals surface area contributed by atoms with Gasteiger partial charge in [0, 0.05) is 35.9 Å². The lowest BCUT2D eigenvalue weighted by Crippen LogP contribution is -2.15. The van der Waals surface area contributed by atoms with E-state index in [2.05, 4.69) is 109 Å². The van der Waals surface area contributed by atoms with Crippen molar-refractivity contribution in [2.75, 3.05) is 7.05 Å². The Morgan fingerprint density at radius 2 is 1.24 bits per heavy atom. The molecule has 0 radical (unpaired) electrons. The number of aliphatic imine (C=N–C) groups is 1. The molecule has 3 aromatic rings. The number of hydrogen-bond donors (Lipinski definition) is 0. The van der Waals surface area contributed by atoms with Gasteiger partial charge in [0.2, 0.25) is 5.69 Å². The smallest absolute Gasteiger partial charge is 0.210 e. The number of nitrogens with zero attached hydrogens (tertiary/aromatic N) is 3. The van der Waals surface area contributed by atoms with Crippen molar-refractivity contribution in [2.24, 2.45) is 4.99 Å². The molecule has 0 N–H and O–H groups in total. The first-order valence-corrected chi connectivity index (χ1v) is 11.8. The summed E-state index contributed by atoms with van der Waals surface area (Å²) >= 11 is 0. The van der Waals surface area contributed by atoms with Crippen LogP contribution in [0.25, 0.3) is 0 Å². The van der Waals surface area contributed by atoms with E-state index >= 15 is 0 Å². The second-order valence-electron chi connectivity index (χ2n) is 9.61. The van der Waals surface area contributed by atoms with Crippen LogP contribution in [0.15, 0.2) is 47.5 Å². The molecule has 0 aliphatic heterocycles. The van der Waals surface area contributed by atoms with Crippen LogP contribution < -0.4 is 0 Å². The molecular formula is C30H38N3+. The minimum absolute atomic E-state index is 0.756. The van der Waals surface area contributed by atoms with Crippen molar-refractivity contribution in [1.82, 2.24) is 4.98 Å². The van der Waals surface area contributed by atoms with Gasteiger partial charge in [0.1, 0.15) is 7.05 Å². The molecule has 33 heavy (non-hydrogen) atoms. The van der Waals surface area contributed by atoms with Gasteiger partial charge in [0.25, 0.3) is 0 Å². The number of aromatic nitrogens is 1. The van der Waals surface area contributed by atoms with E-state index in [1.165, 1.54) is 44.8 Å². The van der Waals surface area contributed by atoms with Gasteiger partial charge >= 0.3 is 0 Å². The SMILES string of the molecule is CC(Cc1cccc(CC(C)=[N+](C)c2c(C)cc(C)cc2C)n1)=Nc1c(C)cc(C)cc1C. The van der Waals surface area contributed by atoms with E-state index in [4.69, 9.17) is 9.98 Å². The van der Waals surface area contributed by atoms with E-state index in [0.717, 1.165) is 35.6 Å². The molecule has 0 saturated heterocycles. The summed E-state index contributed by atoms with van der Waals surface area (Å²) in [5.41, 5.74) is 14.6. The molecule has 0 bridgehead atoms. The maximum Gasteiger partial charge on any atom is 0.210 e. The first-order chi connectivity index (χ1) is 15.5. The normalized spacial score (nSPS) is 12.7. The van der Waals surface area contributed by atoms with Crippen LogP contribution in [0.5, 0.6) is 0 Å². The van der Waals surface area contributed by atoms with E-state index in [-0.39, 0.29) is 0 Å². The molecule has 1 aromatic heterocycles. The van der Waals surface area contributed by atoms with Crippen molar-refractivity contribution in [1.29, 1.82) is 0 Å². The summed E-state index contributed by atoms with van der Waals surface area (Å²) in [5, 5.41) is 0. The standard InChI is InChI=1S/C30H38N3/c1-19-13-21(3)29(22(4)14-19)31-25(7)17-27-11-10-12-28(32-27)18-26(8)33(9)30-23(5)15-20(2)16-24(30)6/h10-16H,17-18H2,1-9H3/q+1. The fourth-order valence-electron chi connectivity index (χ4n) is 4.84. The third-order valence-corrected chi connectivity index (χ3v) is 6.22. The minimum atomic E-state index is 0.756. The van der Waals surface area contributed by atoms with Crippen molar-refractivity contribution in [2.45, 2.75) is 68.2 Å². The van der Waals surface area contributed by atoms with Crippen molar-refractivity contribution >= 4 is 22.8 Å². The molecule has 0 aliphatic rings. The van der Waals surface area contributed by atoms with Gasteiger partial charge < -0.3 is 0 Å². The Labute approximate surface area is 200 Å². The summed E-state index contributed by atoms with van der Waals surface area (Å²) in [5.74, 6) is 0. The Bertz CT molecular complexity index is 1200. The Morgan fingerprint density at radius 3 is 1.79 bits per heavy atom. The highest BCUT2D eigenvalue weighted by Gasteiger charge is 2.17. The maximum atomic E-state index is 4.96. The summed E-state index contributed by atoms with van der Waals surface area (Å²) in [6.45, 7) is 17.2. The molecule has 0 saturated carbocycles. The second-order valence-corrected chi connectivity index (χ2v) is 9.61. The van der Waals surface area contributed by atoms with Crippen LogP contribution in [0.2, 0.25) is 0 Å². The van der Waals surface area contributed by atoms with Crippen LogP contribution in [0, 0.1) is 41.5 Å². The Kier molecular flexibility index (Phi) is 7.63. The van der Waals surface area contributed by atoms with Crippen LogP contribution in [0.3, 0.4) is 0 Å². The van der Waals surface area contributed by atoms with Crippen molar-refractivity contribution in [3.8, 4) is 0 Å². The van der Waals surface area contributed by atoms with Gasteiger partial charge in [-0.05, 0) is 83.9 Å². The topological polar surface area (TPSA) is 28.3 Å². The zero-order chi connectivity index (χ0) is 24.3. The van der Waals surface area contributed by atoms with Crippen molar-refractivity contribution in [3.05, 3.63) is 87.2 Å². The molecule has 3 rings (SSSR count). The summed E-state index contributed by atoms with van der Waals surface area (Å²) in [4.78, 5) is 9.90. The summed E-state index contributed by atoms with van der Waals surface area (Å²) in [7, 11) is 2.16. The van der Waals surface area contributed by atoms with Gasteiger partial charge in [-0.1, -0.05) is 29.3 Å². The van der Waals surface area contributed by atoms with Crippen LogP contribution in [-0.2, 0) is 12.8 Å². The number of rotatable bonds is 6. The molecule has 0 atom stereocenters. The molecule has 172 valence electrons. The average Bonchev–Trinajstić information content (AvgIpc) is 2.70. The van der Waals surface area contributed by atoms with E-state index in [1.54, 1.807) is 0 Å². The third kappa shape index (κ3) is 6.04. The van der Waals surface area contributed by atoms with Crippen LogP contribution in [-0.4, -0.2) is 28.0 Å². The van der Waals surface area contributed by atoms with Crippen molar-refractivity contribution < 1.29 is 4.58 Å². The van der Waals surface area contributed by atoms with Gasteiger partial charge in [-0.25, -0.2) is 4.58 Å². The highest BCUT2D eigenvalue weighted by atomic mass is 15.0. The minimum Gasteiger partial charge on any atom is -0.257 e. The molecule has 0 aliphatic carbocycles. The molecule has 0 amide bonds. The highest BCUT2D eigenvalue weighted by molar-refractivity contribution is 5.87. The number of benzene rings is 2. The van der Waals surface area contributed by atoms with Gasteiger partial charge in [0.15, 0.2) is 5.71 Å². The molecule has 0 spiro atoms. The van der Waals surface area contributed by atoms with Crippen LogP contribution in [0.4, 0.5) is 11.4 Å².